The van der Waals surface area contributed by atoms with Gasteiger partial charge in [0.15, 0.2) is 0 Å². The van der Waals surface area contributed by atoms with E-state index in [-0.39, 0.29) is 0 Å². The summed E-state index contributed by atoms with van der Waals surface area (Å²) in [6.07, 6.45) is 5.48. The summed E-state index contributed by atoms with van der Waals surface area (Å²) in [5, 5.41) is 3.72. The molecule has 1 aromatic carbocycles. The Labute approximate surface area is 98.3 Å². The highest BCUT2D eigenvalue weighted by Gasteiger charge is 2.33. The van der Waals surface area contributed by atoms with Gasteiger partial charge >= 0.3 is 0 Å². The van der Waals surface area contributed by atoms with Crippen LogP contribution in [0.5, 0.6) is 0 Å². The fourth-order valence-corrected chi connectivity index (χ4v) is 3.58. The first-order valence-electron chi connectivity index (χ1n) is 6.55. The lowest BCUT2D eigenvalue weighted by molar-refractivity contribution is 0.363. The summed E-state index contributed by atoms with van der Waals surface area (Å²) in [5.74, 6) is 0.803. The molecule has 0 aliphatic carbocycles. The molecule has 1 aromatic rings. The standard InChI is InChI=1S/C15H21N/c1-10-5-11(2)7-12(6-10)13-8-14-3-4-15(9-13)16-14/h5-7,13-16H,3-4,8-9H2,1-2H3. The van der Waals surface area contributed by atoms with Gasteiger partial charge in [0.2, 0.25) is 0 Å². The van der Waals surface area contributed by atoms with E-state index in [1.165, 1.54) is 36.8 Å². The second-order valence-electron chi connectivity index (χ2n) is 5.73. The first kappa shape index (κ1) is 10.3. The second kappa shape index (κ2) is 3.89. The van der Waals surface area contributed by atoms with E-state index in [4.69, 9.17) is 0 Å². The number of piperidine rings is 1. The first-order valence-corrected chi connectivity index (χ1v) is 6.55. The Kier molecular flexibility index (Phi) is 2.51. The maximum Gasteiger partial charge on any atom is 0.00760 e. The highest BCUT2D eigenvalue weighted by atomic mass is 15.0. The predicted octanol–water partition coefficient (Wildman–Crippen LogP) is 3.30. The molecule has 2 atom stereocenters. The molecule has 2 unspecified atom stereocenters. The third-order valence-corrected chi connectivity index (χ3v) is 4.19. The summed E-state index contributed by atoms with van der Waals surface area (Å²) in [4.78, 5) is 0. The van der Waals surface area contributed by atoms with Crippen LogP contribution in [0.3, 0.4) is 0 Å². The van der Waals surface area contributed by atoms with Crippen molar-refractivity contribution >= 4 is 0 Å². The van der Waals surface area contributed by atoms with Gasteiger partial charge in [0, 0.05) is 12.1 Å². The van der Waals surface area contributed by atoms with Crippen LogP contribution in [-0.4, -0.2) is 12.1 Å². The van der Waals surface area contributed by atoms with Crippen LogP contribution in [0.4, 0.5) is 0 Å². The van der Waals surface area contributed by atoms with Gasteiger partial charge in [0.05, 0.1) is 0 Å². The summed E-state index contributed by atoms with van der Waals surface area (Å²) in [6.45, 7) is 4.43. The maximum absolute atomic E-state index is 3.72. The average molecular weight is 215 g/mol. The normalized spacial score (nSPS) is 33.0. The molecule has 3 rings (SSSR count). The van der Waals surface area contributed by atoms with E-state index in [1.54, 1.807) is 5.56 Å². The minimum absolute atomic E-state index is 0.796. The molecular formula is C15H21N. The third-order valence-electron chi connectivity index (χ3n) is 4.19. The van der Waals surface area contributed by atoms with E-state index >= 15 is 0 Å². The molecule has 0 amide bonds. The van der Waals surface area contributed by atoms with Crippen LogP contribution in [0.1, 0.15) is 48.3 Å². The van der Waals surface area contributed by atoms with E-state index in [0.29, 0.717) is 0 Å². The number of benzene rings is 1. The van der Waals surface area contributed by atoms with Gasteiger partial charge in [-0.3, -0.25) is 0 Å². The quantitative estimate of drug-likeness (QED) is 0.758. The molecule has 1 nitrogen and oxygen atoms in total. The van der Waals surface area contributed by atoms with Gasteiger partial charge < -0.3 is 5.32 Å². The molecule has 0 saturated carbocycles. The lowest BCUT2D eigenvalue weighted by Gasteiger charge is -2.29. The van der Waals surface area contributed by atoms with Crippen LogP contribution in [0.25, 0.3) is 0 Å². The average Bonchev–Trinajstić information content (AvgIpc) is 2.56. The Morgan fingerprint density at radius 1 is 0.938 bits per heavy atom. The summed E-state index contributed by atoms with van der Waals surface area (Å²) >= 11 is 0. The highest BCUT2D eigenvalue weighted by Crippen LogP contribution is 2.37. The molecule has 0 radical (unpaired) electrons. The highest BCUT2D eigenvalue weighted by molar-refractivity contribution is 5.31. The van der Waals surface area contributed by atoms with Crippen LogP contribution in [-0.2, 0) is 0 Å². The zero-order chi connectivity index (χ0) is 11.1. The fraction of sp³-hybridized carbons (Fsp3) is 0.600. The Balaban J connectivity index is 1.86. The van der Waals surface area contributed by atoms with Crippen molar-refractivity contribution in [3.05, 3.63) is 34.9 Å². The van der Waals surface area contributed by atoms with Crippen LogP contribution in [0.2, 0.25) is 0 Å². The second-order valence-corrected chi connectivity index (χ2v) is 5.73. The first-order chi connectivity index (χ1) is 7.70. The van der Waals surface area contributed by atoms with Crippen molar-refractivity contribution in [1.82, 2.24) is 5.32 Å². The molecule has 2 saturated heterocycles. The van der Waals surface area contributed by atoms with E-state index in [1.807, 2.05) is 0 Å². The summed E-state index contributed by atoms with van der Waals surface area (Å²) in [6, 6.07) is 8.65. The number of rotatable bonds is 1. The summed E-state index contributed by atoms with van der Waals surface area (Å²) < 4.78 is 0. The molecule has 2 bridgehead atoms. The molecule has 2 heterocycles. The fourth-order valence-electron chi connectivity index (χ4n) is 3.58. The van der Waals surface area contributed by atoms with Gasteiger partial charge in [-0.25, -0.2) is 0 Å². The molecule has 0 spiro atoms. The van der Waals surface area contributed by atoms with Crippen LogP contribution in [0.15, 0.2) is 18.2 Å². The topological polar surface area (TPSA) is 12.0 Å². The number of nitrogens with one attached hydrogen (secondary N) is 1. The van der Waals surface area contributed by atoms with Crippen molar-refractivity contribution in [1.29, 1.82) is 0 Å². The lowest BCUT2D eigenvalue weighted by atomic mass is 9.85. The van der Waals surface area contributed by atoms with Crippen LogP contribution < -0.4 is 5.32 Å². The van der Waals surface area contributed by atoms with Crippen molar-refractivity contribution in [2.75, 3.05) is 0 Å². The van der Waals surface area contributed by atoms with E-state index in [0.717, 1.165) is 18.0 Å². The Morgan fingerprint density at radius 2 is 1.50 bits per heavy atom. The number of fused-ring (bicyclic) bond motifs is 2. The zero-order valence-corrected chi connectivity index (χ0v) is 10.3. The van der Waals surface area contributed by atoms with Crippen molar-refractivity contribution in [2.24, 2.45) is 0 Å². The number of hydrogen-bond donors (Lipinski definition) is 1. The monoisotopic (exact) mass is 215 g/mol. The van der Waals surface area contributed by atoms with Gasteiger partial charge in [-0.1, -0.05) is 29.3 Å². The van der Waals surface area contributed by atoms with Crippen LogP contribution in [0, 0.1) is 13.8 Å². The SMILES string of the molecule is Cc1cc(C)cc(C2CC3CCC(C2)N3)c1. The Hall–Kier alpha value is -0.820. The Bertz CT molecular complexity index is 364. The molecule has 1 heteroatoms. The van der Waals surface area contributed by atoms with E-state index < -0.39 is 0 Å². The minimum Gasteiger partial charge on any atom is -0.311 e. The molecule has 2 aliphatic rings. The van der Waals surface area contributed by atoms with E-state index in [2.05, 4.69) is 37.4 Å². The Morgan fingerprint density at radius 3 is 2.06 bits per heavy atom. The maximum atomic E-state index is 3.72. The molecule has 16 heavy (non-hydrogen) atoms. The van der Waals surface area contributed by atoms with Gasteiger partial charge in [0.25, 0.3) is 0 Å². The van der Waals surface area contributed by atoms with Gasteiger partial charge in [-0.05, 0) is 51.0 Å². The van der Waals surface area contributed by atoms with Gasteiger partial charge in [-0.15, -0.1) is 0 Å². The molecule has 1 N–H and O–H groups in total. The number of aryl methyl sites for hydroxylation is 2. The number of hydrogen-bond acceptors (Lipinski definition) is 1. The molecule has 0 aromatic heterocycles. The lowest BCUT2D eigenvalue weighted by Crippen LogP contribution is -2.37. The largest absolute Gasteiger partial charge is 0.311 e. The zero-order valence-electron chi connectivity index (χ0n) is 10.3. The summed E-state index contributed by atoms with van der Waals surface area (Å²) in [5.41, 5.74) is 4.41. The minimum atomic E-state index is 0.796. The van der Waals surface area contributed by atoms with Gasteiger partial charge in [-0.2, -0.15) is 0 Å². The molecular weight excluding hydrogens is 194 g/mol. The van der Waals surface area contributed by atoms with Crippen molar-refractivity contribution in [3.8, 4) is 0 Å². The van der Waals surface area contributed by atoms with Crippen LogP contribution >= 0.6 is 0 Å². The smallest absolute Gasteiger partial charge is 0.00760 e. The summed E-state index contributed by atoms with van der Waals surface area (Å²) in [7, 11) is 0. The van der Waals surface area contributed by atoms with E-state index in [9.17, 15) is 0 Å². The molecule has 2 fully saturated rings. The molecule has 2 aliphatic heterocycles. The van der Waals surface area contributed by atoms with Crippen molar-refractivity contribution < 1.29 is 0 Å². The van der Waals surface area contributed by atoms with Crippen molar-refractivity contribution in [3.63, 3.8) is 0 Å². The van der Waals surface area contributed by atoms with Crippen molar-refractivity contribution in [2.45, 2.75) is 57.5 Å². The van der Waals surface area contributed by atoms with Gasteiger partial charge in [0.1, 0.15) is 0 Å². The predicted molar refractivity (Wildman–Crippen MR) is 67.8 cm³/mol. The third kappa shape index (κ3) is 1.89. The molecule has 86 valence electrons.